The van der Waals surface area contributed by atoms with Crippen molar-refractivity contribution in [3.8, 4) is 11.3 Å². The van der Waals surface area contributed by atoms with E-state index in [2.05, 4.69) is 20.6 Å². The molecule has 0 saturated heterocycles. The number of aromatic nitrogens is 4. The lowest BCUT2D eigenvalue weighted by Gasteiger charge is -2.17. The maximum atomic E-state index is 13.0. The number of hydrogen-bond donors (Lipinski definition) is 2. The molecule has 8 heteroatoms. The van der Waals surface area contributed by atoms with Crippen LogP contribution in [0.15, 0.2) is 47.8 Å². The summed E-state index contributed by atoms with van der Waals surface area (Å²) in [6.07, 6.45) is 0. The Morgan fingerprint density at radius 1 is 1.24 bits per heavy atom. The molecule has 0 saturated carbocycles. The van der Waals surface area contributed by atoms with E-state index < -0.39 is 0 Å². The van der Waals surface area contributed by atoms with Gasteiger partial charge in [0, 0.05) is 28.2 Å². The Kier molecular flexibility index (Phi) is 5.25. The number of benzene rings is 1. The summed E-state index contributed by atoms with van der Waals surface area (Å²) in [5.41, 5.74) is 4.88. The van der Waals surface area contributed by atoms with Crippen LogP contribution in [0.4, 0.5) is 0 Å². The van der Waals surface area contributed by atoms with Crippen LogP contribution in [0.1, 0.15) is 38.4 Å². The van der Waals surface area contributed by atoms with Gasteiger partial charge in [0.25, 0.3) is 5.91 Å². The summed E-state index contributed by atoms with van der Waals surface area (Å²) >= 11 is 7.62. The predicted molar refractivity (Wildman–Crippen MR) is 115 cm³/mol. The molecule has 0 radical (unpaired) electrons. The van der Waals surface area contributed by atoms with Crippen molar-refractivity contribution in [2.45, 2.75) is 19.9 Å². The average Bonchev–Trinajstić information content (AvgIpc) is 3.43. The second-order valence-corrected chi connectivity index (χ2v) is 8.23. The molecule has 29 heavy (non-hydrogen) atoms. The van der Waals surface area contributed by atoms with E-state index in [1.807, 2.05) is 67.4 Å². The van der Waals surface area contributed by atoms with E-state index in [1.165, 1.54) is 0 Å². The van der Waals surface area contributed by atoms with Gasteiger partial charge in [-0.15, -0.1) is 11.3 Å². The number of carbonyl (C=O) groups excluding carboxylic acids is 1. The van der Waals surface area contributed by atoms with Crippen molar-refractivity contribution in [1.82, 2.24) is 25.3 Å². The Balaban J connectivity index is 1.62. The summed E-state index contributed by atoms with van der Waals surface area (Å²) in [6, 6.07) is 13.0. The maximum Gasteiger partial charge on any atom is 0.270 e. The number of rotatable bonds is 5. The monoisotopic (exact) mass is 425 g/mol. The molecule has 0 bridgehead atoms. The van der Waals surface area contributed by atoms with Crippen LogP contribution in [0.25, 0.3) is 11.3 Å². The number of nitrogens with one attached hydrogen (secondary N) is 2. The van der Waals surface area contributed by atoms with Gasteiger partial charge in [-0.05, 0) is 49.1 Å². The topological polar surface area (TPSA) is 75.6 Å². The van der Waals surface area contributed by atoms with Gasteiger partial charge in [-0.2, -0.15) is 10.2 Å². The van der Waals surface area contributed by atoms with Gasteiger partial charge in [0.05, 0.1) is 17.4 Å². The standard InChI is InChI=1S/C21H20ClN5OS/c1-12-19(13(2)27(3)26-12)16-11-17(25-24-16)21(28)23-20(18-5-4-10-29-18)14-6-8-15(22)9-7-14/h4-11,20H,1-3H3,(H,23,28)(H,24,25). The molecular formula is C21H20ClN5OS. The highest BCUT2D eigenvalue weighted by Gasteiger charge is 2.22. The van der Waals surface area contributed by atoms with Gasteiger partial charge >= 0.3 is 0 Å². The van der Waals surface area contributed by atoms with Crippen LogP contribution in [0, 0.1) is 13.8 Å². The quantitative estimate of drug-likeness (QED) is 0.488. The molecule has 1 atom stereocenters. The minimum atomic E-state index is -0.270. The van der Waals surface area contributed by atoms with E-state index in [0.29, 0.717) is 16.4 Å². The third-order valence-electron chi connectivity index (χ3n) is 4.89. The van der Waals surface area contributed by atoms with E-state index >= 15 is 0 Å². The second kappa shape index (κ2) is 7.85. The van der Waals surface area contributed by atoms with Crippen molar-refractivity contribution in [3.05, 3.63) is 80.4 Å². The Labute approximate surface area is 177 Å². The van der Waals surface area contributed by atoms with Crippen LogP contribution in [0.5, 0.6) is 0 Å². The number of H-pyrrole nitrogens is 1. The predicted octanol–water partition coefficient (Wildman–Crippen LogP) is 4.66. The average molecular weight is 426 g/mol. The van der Waals surface area contributed by atoms with Gasteiger partial charge in [0.15, 0.2) is 0 Å². The lowest BCUT2D eigenvalue weighted by atomic mass is 10.0. The van der Waals surface area contributed by atoms with Crippen LogP contribution < -0.4 is 5.32 Å². The highest BCUT2D eigenvalue weighted by molar-refractivity contribution is 7.10. The molecule has 3 aromatic heterocycles. The minimum Gasteiger partial charge on any atom is -0.339 e. The smallest absolute Gasteiger partial charge is 0.270 e. The summed E-state index contributed by atoms with van der Waals surface area (Å²) < 4.78 is 1.81. The van der Waals surface area contributed by atoms with E-state index in [9.17, 15) is 4.79 Å². The first-order chi connectivity index (χ1) is 13.9. The number of aromatic amines is 1. The van der Waals surface area contributed by atoms with Crippen molar-refractivity contribution >= 4 is 28.8 Å². The lowest BCUT2D eigenvalue weighted by Crippen LogP contribution is -2.29. The highest BCUT2D eigenvalue weighted by Crippen LogP contribution is 2.28. The van der Waals surface area contributed by atoms with E-state index in [-0.39, 0.29) is 11.9 Å². The van der Waals surface area contributed by atoms with Gasteiger partial charge in [0.2, 0.25) is 0 Å². The van der Waals surface area contributed by atoms with Crippen LogP contribution in [-0.4, -0.2) is 25.9 Å². The fraction of sp³-hybridized carbons (Fsp3) is 0.190. The normalized spacial score (nSPS) is 12.1. The molecule has 1 unspecified atom stereocenters. The Hall–Kier alpha value is -2.90. The van der Waals surface area contributed by atoms with Crippen LogP contribution in [0.2, 0.25) is 5.02 Å². The molecule has 0 aliphatic rings. The third-order valence-corrected chi connectivity index (χ3v) is 6.08. The molecule has 4 rings (SSSR count). The third kappa shape index (κ3) is 3.83. The van der Waals surface area contributed by atoms with Crippen LogP contribution >= 0.6 is 22.9 Å². The zero-order valence-corrected chi connectivity index (χ0v) is 17.8. The van der Waals surface area contributed by atoms with Crippen molar-refractivity contribution in [2.24, 2.45) is 7.05 Å². The zero-order chi connectivity index (χ0) is 20.5. The fourth-order valence-corrected chi connectivity index (χ4v) is 4.28. The van der Waals surface area contributed by atoms with Crippen molar-refractivity contribution < 1.29 is 4.79 Å². The summed E-state index contributed by atoms with van der Waals surface area (Å²) in [4.78, 5) is 14.0. The SMILES string of the molecule is Cc1nn(C)c(C)c1-c1cc(C(=O)NC(c2ccc(Cl)cc2)c2cccs2)[nH]n1. The number of nitrogens with zero attached hydrogens (tertiary/aromatic N) is 3. The maximum absolute atomic E-state index is 13.0. The number of hydrogen-bond acceptors (Lipinski definition) is 4. The van der Waals surface area contributed by atoms with Gasteiger partial charge in [-0.1, -0.05) is 29.8 Å². The molecule has 1 amide bonds. The Morgan fingerprint density at radius 2 is 2.00 bits per heavy atom. The second-order valence-electron chi connectivity index (χ2n) is 6.81. The van der Waals surface area contributed by atoms with Gasteiger partial charge in [-0.3, -0.25) is 14.6 Å². The van der Waals surface area contributed by atoms with Gasteiger partial charge in [0.1, 0.15) is 5.69 Å². The van der Waals surface area contributed by atoms with Crippen molar-refractivity contribution in [2.75, 3.05) is 0 Å². The fourth-order valence-electron chi connectivity index (χ4n) is 3.35. The van der Waals surface area contributed by atoms with E-state index in [4.69, 9.17) is 11.6 Å². The molecule has 2 N–H and O–H groups in total. The number of thiophene rings is 1. The first-order valence-corrected chi connectivity index (χ1v) is 10.4. The summed E-state index contributed by atoms with van der Waals surface area (Å²) in [5, 5.41) is 17.4. The van der Waals surface area contributed by atoms with E-state index in [0.717, 1.165) is 27.4 Å². The van der Waals surface area contributed by atoms with Crippen LogP contribution in [-0.2, 0) is 7.05 Å². The van der Waals surface area contributed by atoms with Crippen LogP contribution in [0.3, 0.4) is 0 Å². The van der Waals surface area contributed by atoms with Gasteiger partial charge in [-0.25, -0.2) is 0 Å². The lowest BCUT2D eigenvalue weighted by molar-refractivity contribution is 0.0938. The number of aryl methyl sites for hydroxylation is 2. The molecule has 3 heterocycles. The number of amides is 1. The Bertz CT molecular complexity index is 1140. The first-order valence-electron chi connectivity index (χ1n) is 9.09. The number of halogens is 1. The van der Waals surface area contributed by atoms with Crippen molar-refractivity contribution in [3.63, 3.8) is 0 Å². The summed E-state index contributed by atoms with van der Waals surface area (Å²) in [5.74, 6) is -0.226. The van der Waals surface area contributed by atoms with Gasteiger partial charge < -0.3 is 5.32 Å². The molecule has 0 spiro atoms. The highest BCUT2D eigenvalue weighted by atomic mass is 35.5. The molecule has 4 aromatic rings. The molecule has 0 fully saturated rings. The largest absolute Gasteiger partial charge is 0.339 e. The van der Waals surface area contributed by atoms with E-state index in [1.54, 1.807) is 17.4 Å². The molecule has 6 nitrogen and oxygen atoms in total. The summed E-state index contributed by atoms with van der Waals surface area (Å²) in [6.45, 7) is 3.92. The Morgan fingerprint density at radius 3 is 2.62 bits per heavy atom. The summed E-state index contributed by atoms with van der Waals surface area (Å²) in [7, 11) is 1.89. The molecule has 148 valence electrons. The molecule has 0 aliphatic carbocycles. The first kappa shape index (κ1) is 19.4. The minimum absolute atomic E-state index is 0.226. The molecule has 0 aliphatic heterocycles. The number of carbonyl (C=O) groups is 1. The zero-order valence-electron chi connectivity index (χ0n) is 16.2. The molecular weight excluding hydrogens is 406 g/mol. The molecule has 1 aromatic carbocycles. The van der Waals surface area contributed by atoms with Crippen molar-refractivity contribution in [1.29, 1.82) is 0 Å².